The van der Waals surface area contributed by atoms with E-state index in [1.165, 1.54) is 41.2 Å². The van der Waals surface area contributed by atoms with Crippen LogP contribution >= 0.6 is 24.0 Å². The highest BCUT2D eigenvalue weighted by molar-refractivity contribution is 8.23. The van der Waals surface area contributed by atoms with Crippen molar-refractivity contribution in [3.05, 3.63) is 30.1 Å². The molecule has 1 aliphatic heterocycles. The number of rotatable bonds is 6. The van der Waals surface area contributed by atoms with Crippen molar-refractivity contribution in [1.29, 1.82) is 0 Å². The van der Waals surface area contributed by atoms with Gasteiger partial charge in [0, 0.05) is 25.5 Å². The number of hydrogen-bond donors (Lipinski definition) is 1. The minimum Gasteiger partial charge on any atom is -0.452 e. The fraction of sp³-hybridized carbons (Fsp3) is 0.308. The summed E-state index contributed by atoms with van der Waals surface area (Å²) in [5.74, 6) is -0.748. The Balaban J connectivity index is 1.67. The Hall–Kier alpha value is -2.00. The van der Waals surface area contributed by atoms with Gasteiger partial charge in [-0.05, 0) is 12.1 Å². The molecule has 0 aliphatic carbocycles. The third-order valence-electron chi connectivity index (χ3n) is 2.75. The van der Waals surface area contributed by atoms with Crippen molar-refractivity contribution in [3.8, 4) is 0 Å². The first kappa shape index (κ1) is 16.4. The molecular weight excluding hydrogens is 326 g/mol. The van der Waals surface area contributed by atoms with Gasteiger partial charge in [0.25, 0.3) is 5.91 Å². The first-order chi connectivity index (χ1) is 10.6. The van der Waals surface area contributed by atoms with Crippen molar-refractivity contribution >= 4 is 46.1 Å². The lowest BCUT2D eigenvalue weighted by molar-refractivity contribution is -0.126. The largest absolute Gasteiger partial charge is 0.452 e. The molecule has 1 N–H and O–H groups in total. The second kappa shape index (κ2) is 7.85. The number of aromatic nitrogens is 1. The zero-order valence-electron chi connectivity index (χ0n) is 11.5. The van der Waals surface area contributed by atoms with Crippen molar-refractivity contribution in [2.75, 3.05) is 25.4 Å². The number of ether oxygens (including phenoxy) is 1. The lowest BCUT2D eigenvalue weighted by Gasteiger charge is -2.15. The summed E-state index contributed by atoms with van der Waals surface area (Å²) in [6, 6.07) is 3.00. The van der Waals surface area contributed by atoms with Crippen LogP contribution in [0.15, 0.2) is 24.5 Å². The molecule has 1 saturated heterocycles. The summed E-state index contributed by atoms with van der Waals surface area (Å²) < 4.78 is 5.38. The second-order valence-electron chi connectivity index (χ2n) is 4.26. The Morgan fingerprint density at radius 2 is 2.14 bits per heavy atom. The van der Waals surface area contributed by atoms with Gasteiger partial charge in [0.15, 0.2) is 6.61 Å². The maximum atomic E-state index is 11.6. The van der Waals surface area contributed by atoms with E-state index < -0.39 is 11.9 Å². The Kier molecular flexibility index (Phi) is 5.84. The highest BCUT2D eigenvalue weighted by atomic mass is 32.2. The number of pyridine rings is 1. The molecule has 0 saturated carbocycles. The number of amides is 2. The molecule has 1 fully saturated rings. The molecule has 2 heterocycles. The van der Waals surface area contributed by atoms with Gasteiger partial charge in [-0.2, -0.15) is 0 Å². The van der Waals surface area contributed by atoms with E-state index in [2.05, 4.69) is 10.3 Å². The quantitative estimate of drug-likeness (QED) is 0.585. The van der Waals surface area contributed by atoms with Gasteiger partial charge in [-0.15, -0.1) is 0 Å². The molecule has 2 amide bonds. The fourth-order valence-electron chi connectivity index (χ4n) is 1.66. The summed E-state index contributed by atoms with van der Waals surface area (Å²) in [4.78, 5) is 39.9. The first-order valence-electron chi connectivity index (χ1n) is 6.39. The zero-order valence-corrected chi connectivity index (χ0v) is 13.1. The van der Waals surface area contributed by atoms with Gasteiger partial charge < -0.3 is 10.1 Å². The Morgan fingerprint density at radius 1 is 1.41 bits per heavy atom. The average molecular weight is 339 g/mol. The summed E-state index contributed by atoms with van der Waals surface area (Å²) in [6.07, 6.45) is 2.93. The third-order valence-corrected chi connectivity index (χ3v) is 4.18. The van der Waals surface area contributed by atoms with Crippen LogP contribution in [0.3, 0.4) is 0 Å². The number of carbonyl (C=O) groups excluding carboxylic acids is 3. The van der Waals surface area contributed by atoms with Gasteiger partial charge in [-0.3, -0.25) is 19.5 Å². The monoisotopic (exact) mass is 339 g/mol. The fourth-order valence-corrected chi connectivity index (χ4v) is 2.78. The number of nitrogens with zero attached hydrogens (tertiary/aromatic N) is 2. The van der Waals surface area contributed by atoms with Gasteiger partial charge in [0.1, 0.15) is 4.32 Å². The standard InChI is InChI=1S/C13H13N3O4S2/c17-10(7-20-12(19)9-1-3-14-4-2-9)15-5-6-16-11(18)8-22-13(16)21/h1-4H,5-8H2,(H,15,17). The smallest absolute Gasteiger partial charge is 0.338 e. The van der Waals surface area contributed by atoms with Crippen LogP contribution in [0, 0.1) is 0 Å². The molecular formula is C13H13N3O4S2. The van der Waals surface area contributed by atoms with Crippen molar-refractivity contribution in [2.24, 2.45) is 0 Å². The maximum Gasteiger partial charge on any atom is 0.338 e. The molecule has 2 rings (SSSR count). The van der Waals surface area contributed by atoms with E-state index in [1.54, 1.807) is 0 Å². The molecule has 0 unspecified atom stereocenters. The number of nitrogens with one attached hydrogen (secondary N) is 1. The number of hydrogen-bond acceptors (Lipinski definition) is 7. The third kappa shape index (κ3) is 4.50. The Labute approximate surface area is 136 Å². The van der Waals surface area contributed by atoms with Gasteiger partial charge in [-0.1, -0.05) is 24.0 Å². The molecule has 0 atom stereocenters. The molecule has 1 aliphatic rings. The molecule has 1 aromatic heterocycles. The lowest BCUT2D eigenvalue weighted by Crippen LogP contribution is -2.38. The number of esters is 1. The van der Waals surface area contributed by atoms with Crippen LogP contribution < -0.4 is 5.32 Å². The molecule has 0 bridgehead atoms. The van der Waals surface area contributed by atoms with E-state index in [0.29, 0.717) is 22.2 Å². The van der Waals surface area contributed by atoms with E-state index in [9.17, 15) is 14.4 Å². The predicted molar refractivity (Wildman–Crippen MR) is 84.3 cm³/mol. The van der Waals surface area contributed by atoms with Crippen molar-refractivity contribution < 1.29 is 19.1 Å². The molecule has 0 radical (unpaired) electrons. The number of thioether (sulfide) groups is 1. The summed E-state index contributed by atoms with van der Waals surface area (Å²) in [5, 5.41) is 2.57. The predicted octanol–water partition coefficient (Wildman–Crippen LogP) is 0.215. The molecule has 7 nitrogen and oxygen atoms in total. The van der Waals surface area contributed by atoms with E-state index in [1.807, 2.05) is 0 Å². The first-order valence-corrected chi connectivity index (χ1v) is 7.78. The average Bonchev–Trinajstić information content (AvgIpc) is 2.85. The lowest BCUT2D eigenvalue weighted by atomic mass is 10.3. The van der Waals surface area contributed by atoms with Gasteiger partial charge in [-0.25, -0.2) is 4.79 Å². The molecule has 9 heteroatoms. The van der Waals surface area contributed by atoms with Crippen LogP contribution in [0.5, 0.6) is 0 Å². The second-order valence-corrected chi connectivity index (χ2v) is 5.87. The van der Waals surface area contributed by atoms with Crippen molar-refractivity contribution in [1.82, 2.24) is 15.2 Å². The molecule has 0 spiro atoms. The molecule has 0 aromatic carbocycles. The highest BCUT2D eigenvalue weighted by Gasteiger charge is 2.25. The highest BCUT2D eigenvalue weighted by Crippen LogP contribution is 2.18. The topological polar surface area (TPSA) is 88.6 Å². The normalized spacial score (nSPS) is 14.1. The van der Waals surface area contributed by atoms with Gasteiger partial charge in [0.2, 0.25) is 5.91 Å². The van der Waals surface area contributed by atoms with Crippen molar-refractivity contribution in [3.63, 3.8) is 0 Å². The Morgan fingerprint density at radius 3 is 2.77 bits per heavy atom. The number of thiocarbonyl (C=S) groups is 1. The van der Waals surface area contributed by atoms with E-state index >= 15 is 0 Å². The SMILES string of the molecule is O=C(COC(=O)c1ccncc1)NCCN1C(=O)CSC1=S. The minimum atomic E-state index is -0.593. The molecule has 1 aromatic rings. The van der Waals surface area contributed by atoms with E-state index in [0.717, 1.165) is 0 Å². The van der Waals surface area contributed by atoms with Crippen LogP contribution in [0.4, 0.5) is 0 Å². The van der Waals surface area contributed by atoms with Crippen LogP contribution in [0.25, 0.3) is 0 Å². The van der Waals surface area contributed by atoms with Crippen LogP contribution in [0.1, 0.15) is 10.4 Å². The number of carbonyl (C=O) groups is 3. The maximum absolute atomic E-state index is 11.6. The molecule has 22 heavy (non-hydrogen) atoms. The van der Waals surface area contributed by atoms with E-state index in [4.69, 9.17) is 17.0 Å². The summed E-state index contributed by atoms with van der Waals surface area (Å²) in [7, 11) is 0. The van der Waals surface area contributed by atoms with E-state index in [-0.39, 0.29) is 19.1 Å². The minimum absolute atomic E-state index is 0.0617. The van der Waals surface area contributed by atoms with Gasteiger partial charge in [0.05, 0.1) is 11.3 Å². The van der Waals surface area contributed by atoms with Gasteiger partial charge >= 0.3 is 5.97 Å². The van der Waals surface area contributed by atoms with Crippen LogP contribution in [-0.4, -0.2) is 57.4 Å². The zero-order chi connectivity index (χ0) is 15.9. The van der Waals surface area contributed by atoms with Crippen molar-refractivity contribution in [2.45, 2.75) is 0 Å². The molecule has 116 valence electrons. The summed E-state index contributed by atoms with van der Waals surface area (Å²) in [5.41, 5.74) is 0.327. The summed E-state index contributed by atoms with van der Waals surface area (Å²) >= 11 is 6.32. The van der Waals surface area contributed by atoms with Crippen LogP contribution in [-0.2, 0) is 14.3 Å². The Bertz CT molecular complexity index is 578. The van der Waals surface area contributed by atoms with Crippen LogP contribution in [0.2, 0.25) is 0 Å². The summed E-state index contributed by atoms with van der Waals surface area (Å²) in [6.45, 7) is 0.182.